The summed E-state index contributed by atoms with van der Waals surface area (Å²) >= 11 is 0. The van der Waals surface area contributed by atoms with Gasteiger partial charge >= 0.3 is 0 Å². The van der Waals surface area contributed by atoms with Crippen LogP contribution < -0.4 is 10.3 Å². The van der Waals surface area contributed by atoms with Gasteiger partial charge in [-0.1, -0.05) is 12.1 Å². The van der Waals surface area contributed by atoms with Gasteiger partial charge in [-0.2, -0.15) is 0 Å². The number of hydrogen-bond donors (Lipinski definition) is 0. The zero-order chi connectivity index (χ0) is 21.4. The zero-order valence-electron chi connectivity index (χ0n) is 16.5. The molecule has 0 aliphatic carbocycles. The van der Waals surface area contributed by atoms with Crippen molar-refractivity contribution in [2.75, 3.05) is 0 Å². The molecule has 0 unspecified atom stereocenters. The minimum absolute atomic E-state index is 0.228. The van der Waals surface area contributed by atoms with E-state index >= 15 is 0 Å². The van der Waals surface area contributed by atoms with Crippen LogP contribution in [0.3, 0.4) is 0 Å². The molecule has 0 atom stereocenters. The molecule has 0 spiro atoms. The second-order valence-corrected chi connectivity index (χ2v) is 7.02. The Morgan fingerprint density at radius 1 is 1.10 bits per heavy atom. The first-order chi connectivity index (χ1) is 15.1. The van der Waals surface area contributed by atoms with Gasteiger partial charge in [-0.3, -0.25) is 9.36 Å². The van der Waals surface area contributed by atoms with Gasteiger partial charge in [0, 0.05) is 19.3 Å². The van der Waals surface area contributed by atoms with Gasteiger partial charge in [0.2, 0.25) is 0 Å². The van der Waals surface area contributed by atoms with Crippen LogP contribution in [0.1, 0.15) is 5.56 Å². The van der Waals surface area contributed by atoms with Crippen molar-refractivity contribution in [1.29, 1.82) is 0 Å². The van der Waals surface area contributed by atoms with Crippen molar-refractivity contribution < 1.29 is 13.5 Å². The first kappa shape index (κ1) is 18.8. The number of fused-ring (bicyclic) bond motifs is 1. The highest BCUT2D eigenvalue weighted by atomic mass is 19.1. The highest BCUT2D eigenvalue weighted by Gasteiger charge is 2.13. The van der Waals surface area contributed by atoms with E-state index in [9.17, 15) is 9.18 Å². The first-order valence-electron chi connectivity index (χ1n) is 9.54. The van der Waals surface area contributed by atoms with Crippen molar-refractivity contribution in [3.8, 4) is 23.0 Å². The van der Waals surface area contributed by atoms with Gasteiger partial charge in [0.05, 0.1) is 22.9 Å². The largest absolute Gasteiger partial charge is 0.489 e. The van der Waals surface area contributed by atoms with Crippen molar-refractivity contribution in [2.24, 2.45) is 7.05 Å². The summed E-state index contributed by atoms with van der Waals surface area (Å²) in [6, 6.07) is 14.8. The highest BCUT2D eigenvalue weighted by molar-refractivity contribution is 5.81. The standard InChI is InChI=1S/C23H17FN4O3/c1-27-20-10-17(6-7-19(20)26-23(27)21-12-25-14-31-21)28-9-8-18(11-22(28)29)30-13-15-2-4-16(24)5-3-15/h2-12,14H,13H2,1H3. The maximum atomic E-state index is 13.0. The average molecular weight is 416 g/mol. The van der Waals surface area contributed by atoms with E-state index in [2.05, 4.69) is 9.97 Å². The number of halogens is 1. The monoisotopic (exact) mass is 416 g/mol. The van der Waals surface area contributed by atoms with E-state index in [4.69, 9.17) is 9.15 Å². The fourth-order valence-corrected chi connectivity index (χ4v) is 3.39. The lowest BCUT2D eigenvalue weighted by molar-refractivity contribution is 0.305. The Labute approximate surface area is 176 Å². The summed E-state index contributed by atoms with van der Waals surface area (Å²) in [5, 5.41) is 0. The van der Waals surface area contributed by atoms with Crippen molar-refractivity contribution in [3.05, 3.63) is 95.1 Å². The predicted molar refractivity (Wildman–Crippen MR) is 113 cm³/mol. The van der Waals surface area contributed by atoms with Gasteiger partial charge in [-0.15, -0.1) is 0 Å². The number of rotatable bonds is 5. The van der Waals surface area contributed by atoms with E-state index in [0.29, 0.717) is 23.0 Å². The number of pyridine rings is 1. The SMILES string of the molecule is Cn1c(-c2cnco2)nc2ccc(-n3ccc(OCc4ccc(F)cc4)cc3=O)cc21. The Morgan fingerprint density at radius 2 is 1.94 bits per heavy atom. The fraction of sp³-hybridized carbons (Fsp3) is 0.0870. The van der Waals surface area contributed by atoms with E-state index in [1.54, 1.807) is 30.6 Å². The highest BCUT2D eigenvalue weighted by Crippen LogP contribution is 2.25. The maximum Gasteiger partial charge on any atom is 0.258 e. The normalized spacial score (nSPS) is 11.2. The molecule has 0 aliphatic heterocycles. The summed E-state index contributed by atoms with van der Waals surface area (Å²) in [5.74, 6) is 1.37. The smallest absolute Gasteiger partial charge is 0.258 e. The molecule has 3 aromatic heterocycles. The van der Waals surface area contributed by atoms with E-state index < -0.39 is 0 Å². The summed E-state index contributed by atoms with van der Waals surface area (Å²) in [7, 11) is 1.88. The third kappa shape index (κ3) is 3.59. The molecule has 154 valence electrons. The molecule has 5 rings (SSSR count). The Balaban J connectivity index is 1.42. The molecule has 0 aliphatic rings. The Morgan fingerprint density at radius 3 is 2.68 bits per heavy atom. The molecule has 0 N–H and O–H groups in total. The number of benzene rings is 2. The molecule has 0 bridgehead atoms. The molecule has 5 aromatic rings. The number of nitrogens with zero attached hydrogens (tertiary/aromatic N) is 4. The van der Waals surface area contributed by atoms with Crippen LogP contribution in [0.2, 0.25) is 0 Å². The van der Waals surface area contributed by atoms with Crippen molar-refractivity contribution in [3.63, 3.8) is 0 Å². The lowest BCUT2D eigenvalue weighted by Crippen LogP contribution is -2.16. The van der Waals surface area contributed by atoms with Crippen LogP contribution in [0, 0.1) is 5.82 Å². The number of imidazole rings is 1. The van der Waals surface area contributed by atoms with E-state index in [0.717, 1.165) is 16.6 Å². The minimum atomic E-state index is -0.301. The molecule has 0 radical (unpaired) electrons. The van der Waals surface area contributed by atoms with Gasteiger partial charge in [0.25, 0.3) is 5.56 Å². The van der Waals surface area contributed by atoms with Gasteiger partial charge in [0.1, 0.15) is 18.2 Å². The molecular formula is C23H17FN4O3. The van der Waals surface area contributed by atoms with Crippen LogP contribution in [0.5, 0.6) is 5.75 Å². The molecule has 7 nitrogen and oxygen atoms in total. The number of hydrogen-bond acceptors (Lipinski definition) is 5. The number of oxazole rings is 1. The van der Waals surface area contributed by atoms with Gasteiger partial charge in [-0.05, 0) is 42.0 Å². The predicted octanol–water partition coefficient (Wildman–Crippen LogP) is 4.10. The minimum Gasteiger partial charge on any atom is -0.489 e. The van der Waals surface area contributed by atoms with Crippen LogP contribution in [0.4, 0.5) is 4.39 Å². The van der Waals surface area contributed by atoms with Crippen molar-refractivity contribution in [2.45, 2.75) is 6.61 Å². The zero-order valence-corrected chi connectivity index (χ0v) is 16.5. The third-order valence-electron chi connectivity index (χ3n) is 5.01. The molecule has 0 saturated heterocycles. The molecule has 31 heavy (non-hydrogen) atoms. The quantitative estimate of drug-likeness (QED) is 0.431. The number of aromatic nitrogens is 4. The molecule has 8 heteroatoms. The second kappa shape index (κ2) is 7.56. The van der Waals surface area contributed by atoms with Crippen LogP contribution in [-0.2, 0) is 13.7 Å². The summed E-state index contributed by atoms with van der Waals surface area (Å²) in [4.78, 5) is 21.2. The second-order valence-electron chi connectivity index (χ2n) is 7.02. The van der Waals surface area contributed by atoms with E-state index in [1.807, 2.05) is 29.8 Å². The van der Waals surface area contributed by atoms with Crippen LogP contribution in [-0.4, -0.2) is 19.1 Å². The Bertz CT molecular complexity index is 1420. The fourth-order valence-electron chi connectivity index (χ4n) is 3.39. The molecule has 0 amide bonds. The maximum absolute atomic E-state index is 13.0. The van der Waals surface area contributed by atoms with Crippen molar-refractivity contribution in [1.82, 2.24) is 19.1 Å². The summed E-state index contributed by atoms with van der Waals surface area (Å²) in [6.07, 6.45) is 4.63. The molecular weight excluding hydrogens is 399 g/mol. The van der Waals surface area contributed by atoms with Gasteiger partial charge in [-0.25, -0.2) is 14.4 Å². The third-order valence-corrected chi connectivity index (χ3v) is 5.01. The Hall–Kier alpha value is -4.20. The van der Waals surface area contributed by atoms with Gasteiger partial charge in [0.15, 0.2) is 18.0 Å². The summed E-state index contributed by atoms with van der Waals surface area (Å²) in [6.45, 7) is 0.245. The van der Waals surface area contributed by atoms with E-state index in [-0.39, 0.29) is 18.0 Å². The molecule has 3 heterocycles. The lowest BCUT2D eigenvalue weighted by atomic mass is 10.2. The Kier molecular flexibility index (Phi) is 4.59. The first-order valence-corrected chi connectivity index (χ1v) is 9.54. The number of ether oxygens (including phenoxy) is 1. The van der Waals surface area contributed by atoms with Crippen LogP contribution in [0.25, 0.3) is 28.3 Å². The average Bonchev–Trinajstić information content (AvgIpc) is 3.41. The van der Waals surface area contributed by atoms with Gasteiger partial charge < -0.3 is 13.7 Å². The van der Waals surface area contributed by atoms with Crippen LogP contribution in [0.15, 0.2) is 82.6 Å². The van der Waals surface area contributed by atoms with Crippen LogP contribution >= 0.6 is 0 Å². The summed E-state index contributed by atoms with van der Waals surface area (Å²) < 4.78 is 27.5. The lowest BCUT2D eigenvalue weighted by Gasteiger charge is -2.09. The molecule has 0 fully saturated rings. The molecule has 0 saturated carbocycles. The van der Waals surface area contributed by atoms with E-state index in [1.165, 1.54) is 29.2 Å². The van der Waals surface area contributed by atoms with Crippen molar-refractivity contribution >= 4 is 11.0 Å². The molecule has 2 aromatic carbocycles. The number of aryl methyl sites for hydroxylation is 1. The topological polar surface area (TPSA) is 75.1 Å². The summed E-state index contributed by atoms with van der Waals surface area (Å²) in [5.41, 5.74) is 2.93.